The SMILES string of the molecule is CC(C)NC(CO)COC1CCCCC1. The van der Waals surface area contributed by atoms with Crippen LogP contribution in [0.3, 0.4) is 0 Å². The molecule has 0 heterocycles. The van der Waals surface area contributed by atoms with Crippen molar-refractivity contribution in [3.05, 3.63) is 0 Å². The fourth-order valence-electron chi connectivity index (χ4n) is 2.11. The molecule has 0 radical (unpaired) electrons. The van der Waals surface area contributed by atoms with Gasteiger partial charge in [-0.3, -0.25) is 0 Å². The van der Waals surface area contributed by atoms with Gasteiger partial charge in [0.15, 0.2) is 0 Å². The van der Waals surface area contributed by atoms with Crippen LogP contribution in [0.25, 0.3) is 0 Å². The third-order valence-corrected chi connectivity index (χ3v) is 2.87. The molecular formula is C12H25NO2. The Kier molecular flexibility index (Phi) is 6.22. The smallest absolute Gasteiger partial charge is 0.0645 e. The van der Waals surface area contributed by atoms with Crippen LogP contribution >= 0.6 is 0 Å². The van der Waals surface area contributed by atoms with Crippen LogP contribution in [0.1, 0.15) is 46.0 Å². The molecule has 0 amide bonds. The van der Waals surface area contributed by atoms with Crippen molar-refractivity contribution < 1.29 is 9.84 Å². The van der Waals surface area contributed by atoms with Crippen molar-refractivity contribution in [1.29, 1.82) is 0 Å². The molecule has 0 aliphatic heterocycles. The van der Waals surface area contributed by atoms with Gasteiger partial charge < -0.3 is 15.2 Å². The maximum atomic E-state index is 9.16. The summed E-state index contributed by atoms with van der Waals surface area (Å²) in [5.41, 5.74) is 0. The van der Waals surface area contributed by atoms with E-state index in [0.717, 1.165) is 0 Å². The van der Waals surface area contributed by atoms with Gasteiger partial charge in [0.1, 0.15) is 0 Å². The first-order valence-electron chi connectivity index (χ1n) is 6.21. The Balaban J connectivity index is 2.14. The number of hydrogen-bond donors (Lipinski definition) is 2. The Labute approximate surface area is 93.2 Å². The average molecular weight is 215 g/mol. The number of aliphatic hydroxyl groups is 1. The lowest BCUT2D eigenvalue weighted by atomic mass is 9.98. The first-order chi connectivity index (χ1) is 7.22. The summed E-state index contributed by atoms with van der Waals surface area (Å²) in [5, 5.41) is 12.5. The van der Waals surface area contributed by atoms with Gasteiger partial charge in [-0.1, -0.05) is 33.1 Å². The van der Waals surface area contributed by atoms with Gasteiger partial charge in [-0.15, -0.1) is 0 Å². The molecule has 1 saturated carbocycles. The molecule has 0 aromatic heterocycles. The topological polar surface area (TPSA) is 41.5 Å². The minimum Gasteiger partial charge on any atom is -0.395 e. The van der Waals surface area contributed by atoms with Crippen molar-refractivity contribution in [2.75, 3.05) is 13.2 Å². The van der Waals surface area contributed by atoms with Crippen LogP contribution in [-0.2, 0) is 4.74 Å². The van der Waals surface area contributed by atoms with Gasteiger partial charge in [0.2, 0.25) is 0 Å². The maximum Gasteiger partial charge on any atom is 0.0645 e. The van der Waals surface area contributed by atoms with Crippen molar-refractivity contribution in [3.8, 4) is 0 Å². The molecule has 3 nitrogen and oxygen atoms in total. The van der Waals surface area contributed by atoms with E-state index in [4.69, 9.17) is 9.84 Å². The zero-order valence-corrected chi connectivity index (χ0v) is 10.0. The van der Waals surface area contributed by atoms with Crippen LogP contribution < -0.4 is 5.32 Å². The predicted octanol–water partition coefficient (Wildman–Crippen LogP) is 1.69. The van der Waals surface area contributed by atoms with Crippen molar-refractivity contribution in [2.45, 2.75) is 64.1 Å². The van der Waals surface area contributed by atoms with E-state index in [1.165, 1.54) is 32.1 Å². The van der Waals surface area contributed by atoms with Crippen LogP contribution in [0.15, 0.2) is 0 Å². The molecule has 0 aromatic carbocycles. The summed E-state index contributed by atoms with van der Waals surface area (Å²) in [7, 11) is 0. The van der Waals surface area contributed by atoms with Crippen molar-refractivity contribution in [2.24, 2.45) is 0 Å². The van der Waals surface area contributed by atoms with Gasteiger partial charge >= 0.3 is 0 Å². The highest BCUT2D eigenvalue weighted by molar-refractivity contribution is 4.70. The molecule has 1 aliphatic rings. The molecule has 0 aromatic rings. The summed E-state index contributed by atoms with van der Waals surface area (Å²) < 4.78 is 5.81. The summed E-state index contributed by atoms with van der Waals surface area (Å²) in [4.78, 5) is 0. The van der Waals surface area contributed by atoms with Crippen LogP contribution in [0, 0.1) is 0 Å². The molecule has 1 fully saturated rings. The van der Waals surface area contributed by atoms with E-state index in [-0.39, 0.29) is 12.6 Å². The standard InChI is InChI=1S/C12H25NO2/c1-10(2)13-11(8-14)9-15-12-6-4-3-5-7-12/h10-14H,3-9H2,1-2H3. The lowest BCUT2D eigenvalue weighted by molar-refractivity contribution is 0.00595. The summed E-state index contributed by atoms with van der Waals surface area (Å²) in [5.74, 6) is 0. The van der Waals surface area contributed by atoms with Gasteiger partial charge in [0, 0.05) is 6.04 Å². The van der Waals surface area contributed by atoms with E-state index in [0.29, 0.717) is 18.8 Å². The number of nitrogens with one attached hydrogen (secondary N) is 1. The van der Waals surface area contributed by atoms with E-state index in [1.807, 2.05) is 0 Å². The number of ether oxygens (including phenoxy) is 1. The Bertz CT molecular complexity index is 156. The number of aliphatic hydroxyl groups excluding tert-OH is 1. The quantitative estimate of drug-likeness (QED) is 0.708. The molecule has 0 bridgehead atoms. The summed E-state index contributed by atoms with van der Waals surface area (Å²) in [6.45, 7) is 4.97. The average Bonchev–Trinajstić information content (AvgIpc) is 2.25. The molecule has 1 rings (SSSR count). The Hall–Kier alpha value is -0.120. The minimum absolute atomic E-state index is 0.0897. The molecule has 1 atom stereocenters. The molecule has 90 valence electrons. The Morgan fingerprint density at radius 2 is 1.93 bits per heavy atom. The van der Waals surface area contributed by atoms with Gasteiger partial charge in [-0.2, -0.15) is 0 Å². The molecule has 3 heteroatoms. The highest BCUT2D eigenvalue weighted by Gasteiger charge is 2.16. The maximum absolute atomic E-state index is 9.16. The number of rotatable bonds is 6. The van der Waals surface area contributed by atoms with Gasteiger partial charge in [-0.25, -0.2) is 0 Å². The molecule has 15 heavy (non-hydrogen) atoms. The first kappa shape index (κ1) is 12.9. The molecular weight excluding hydrogens is 190 g/mol. The second-order valence-electron chi connectivity index (χ2n) is 4.79. The van der Waals surface area contributed by atoms with Crippen LogP contribution in [-0.4, -0.2) is 36.5 Å². The monoisotopic (exact) mass is 215 g/mol. The fraction of sp³-hybridized carbons (Fsp3) is 1.00. The number of hydrogen-bond acceptors (Lipinski definition) is 3. The normalized spacial score (nSPS) is 20.8. The summed E-state index contributed by atoms with van der Waals surface area (Å²) in [6, 6.07) is 0.490. The van der Waals surface area contributed by atoms with Crippen LogP contribution in [0.4, 0.5) is 0 Å². The van der Waals surface area contributed by atoms with Crippen LogP contribution in [0.5, 0.6) is 0 Å². The van der Waals surface area contributed by atoms with E-state index < -0.39 is 0 Å². The largest absolute Gasteiger partial charge is 0.395 e. The third kappa shape index (κ3) is 5.50. The van der Waals surface area contributed by atoms with Gasteiger partial charge in [-0.05, 0) is 12.8 Å². The van der Waals surface area contributed by atoms with Gasteiger partial charge in [0.05, 0.1) is 25.4 Å². The van der Waals surface area contributed by atoms with E-state index >= 15 is 0 Å². The van der Waals surface area contributed by atoms with Crippen LogP contribution in [0.2, 0.25) is 0 Å². The lowest BCUT2D eigenvalue weighted by Crippen LogP contribution is -2.41. The molecule has 0 spiro atoms. The summed E-state index contributed by atoms with van der Waals surface area (Å²) in [6.07, 6.45) is 6.77. The summed E-state index contributed by atoms with van der Waals surface area (Å²) >= 11 is 0. The zero-order chi connectivity index (χ0) is 11.1. The lowest BCUT2D eigenvalue weighted by Gasteiger charge is -2.25. The second kappa shape index (κ2) is 7.20. The van der Waals surface area contributed by atoms with E-state index in [2.05, 4.69) is 19.2 Å². The molecule has 1 unspecified atom stereocenters. The van der Waals surface area contributed by atoms with Gasteiger partial charge in [0.25, 0.3) is 0 Å². The van der Waals surface area contributed by atoms with Crippen molar-refractivity contribution >= 4 is 0 Å². The predicted molar refractivity (Wildman–Crippen MR) is 62.0 cm³/mol. The molecule has 1 aliphatic carbocycles. The Morgan fingerprint density at radius 3 is 2.47 bits per heavy atom. The Morgan fingerprint density at radius 1 is 1.27 bits per heavy atom. The molecule has 2 N–H and O–H groups in total. The third-order valence-electron chi connectivity index (χ3n) is 2.87. The highest BCUT2D eigenvalue weighted by Crippen LogP contribution is 2.20. The van der Waals surface area contributed by atoms with E-state index in [9.17, 15) is 0 Å². The van der Waals surface area contributed by atoms with Crippen molar-refractivity contribution in [3.63, 3.8) is 0 Å². The molecule has 0 saturated heterocycles. The highest BCUT2D eigenvalue weighted by atomic mass is 16.5. The fourth-order valence-corrected chi connectivity index (χ4v) is 2.11. The zero-order valence-electron chi connectivity index (χ0n) is 10.0. The second-order valence-corrected chi connectivity index (χ2v) is 4.79. The van der Waals surface area contributed by atoms with E-state index in [1.54, 1.807) is 0 Å². The minimum atomic E-state index is 0.0897. The first-order valence-corrected chi connectivity index (χ1v) is 6.21. The van der Waals surface area contributed by atoms with Crippen molar-refractivity contribution in [1.82, 2.24) is 5.32 Å².